The molecule has 0 radical (unpaired) electrons. The van der Waals surface area contributed by atoms with E-state index >= 15 is 0 Å². The fourth-order valence-electron chi connectivity index (χ4n) is 1.19. The predicted molar refractivity (Wildman–Crippen MR) is 45.1 cm³/mol. The van der Waals surface area contributed by atoms with E-state index in [4.69, 9.17) is 10.6 Å². The molecule has 1 saturated heterocycles. The summed E-state index contributed by atoms with van der Waals surface area (Å²) in [7, 11) is 0. The zero-order chi connectivity index (χ0) is 9.14. The van der Waals surface area contributed by atoms with Gasteiger partial charge >= 0.3 is 0 Å². The van der Waals surface area contributed by atoms with E-state index in [0.717, 1.165) is 0 Å². The number of amides is 1. The molecule has 4 nitrogen and oxygen atoms in total. The predicted octanol–water partition coefficient (Wildman–Crippen LogP) is 0.134. The molecule has 1 unspecified atom stereocenters. The average molecular weight is 172 g/mol. The van der Waals surface area contributed by atoms with Gasteiger partial charge in [-0.25, -0.2) is 5.06 Å². The van der Waals surface area contributed by atoms with Crippen LogP contribution in [0.1, 0.15) is 20.3 Å². The second-order valence-corrected chi connectivity index (χ2v) is 3.38. The molecule has 12 heavy (non-hydrogen) atoms. The number of hydrogen-bond acceptors (Lipinski definition) is 3. The minimum atomic E-state index is 0.0454. The van der Waals surface area contributed by atoms with Crippen molar-refractivity contribution in [2.24, 2.45) is 11.7 Å². The summed E-state index contributed by atoms with van der Waals surface area (Å²) in [5.74, 6) is 0.441. The van der Waals surface area contributed by atoms with Crippen LogP contribution in [0, 0.1) is 5.92 Å². The van der Waals surface area contributed by atoms with Crippen LogP contribution in [0.4, 0.5) is 0 Å². The molecule has 2 N–H and O–H groups in total. The van der Waals surface area contributed by atoms with Crippen LogP contribution in [0.2, 0.25) is 0 Å². The topological polar surface area (TPSA) is 55.6 Å². The Balaban J connectivity index is 2.44. The van der Waals surface area contributed by atoms with E-state index in [1.54, 1.807) is 0 Å². The fourth-order valence-corrected chi connectivity index (χ4v) is 1.19. The molecule has 1 atom stereocenters. The van der Waals surface area contributed by atoms with Crippen LogP contribution in [-0.2, 0) is 9.63 Å². The third-order valence-corrected chi connectivity index (χ3v) is 1.99. The zero-order valence-electron chi connectivity index (χ0n) is 7.62. The molecule has 70 valence electrons. The molecule has 1 amide bonds. The number of hydroxylamine groups is 2. The van der Waals surface area contributed by atoms with Crippen molar-refractivity contribution in [1.29, 1.82) is 0 Å². The highest BCUT2D eigenvalue weighted by Gasteiger charge is 2.32. The molecular weight excluding hydrogens is 156 g/mol. The summed E-state index contributed by atoms with van der Waals surface area (Å²) in [5, 5.41) is 1.38. The molecule has 0 aromatic carbocycles. The molecule has 1 aliphatic rings. The minimum absolute atomic E-state index is 0.0454. The quantitative estimate of drug-likeness (QED) is 0.658. The Hall–Kier alpha value is -0.610. The van der Waals surface area contributed by atoms with Crippen molar-refractivity contribution in [3.05, 3.63) is 0 Å². The maximum atomic E-state index is 11.2. The van der Waals surface area contributed by atoms with E-state index < -0.39 is 0 Å². The molecule has 0 aliphatic carbocycles. The summed E-state index contributed by atoms with van der Waals surface area (Å²) < 4.78 is 0. The number of hydrogen-bond donors (Lipinski definition) is 1. The maximum absolute atomic E-state index is 11.2. The lowest BCUT2D eigenvalue weighted by atomic mass is 10.1. The van der Waals surface area contributed by atoms with Gasteiger partial charge in [-0.3, -0.25) is 9.63 Å². The minimum Gasteiger partial charge on any atom is -0.329 e. The van der Waals surface area contributed by atoms with Crippen LogP contribution < -0.4 is 5.73 Å². The van der Waals surface area contributed by atoms with Gasteiger partial charge in [0.2, 0.25) is 5.91 Å². The second kappa shape index (κ2) is 3.87. The van der Waals surface area contributed by atoms with Gasteiger partial charge in [0.15, 0.2) is 0 Å². The van der Waals surface area contributed by atoms with E-state index in [1.807, 2.05) is 13.8 Å². The molecule has 0 saturated carbocycles. The van der Waals surface area contributed by atoms with Gasteiger partial charge in [-0.05, 0) is 5.92 Å². The molecular formula is C8H16N2O2. The van der Waals surface area contributed by atoms with E-state index in [0.29, 0.717) is 25.4 Å². The molecule has 1 fully saturated rings. The second-order valence-electron chi connectivity index (χ2n) is 3.38. The number of nitrogens with zero attached hydrogens (tertiary/aromatic N) is 1. The Morgan fingerprint density at radius 2 is 2.42 bits per heavy atom. The Bertz CT molecular complexity index is 170. The lowest BCUT2D eigenvalue weighted by Gasteiger charge is -2.16. The van der Waals surface area contributed by atoms with Crippen molar-refractivity contribution in [3.63, 3.8) is 0 Å². The first kappa shape index (κ1) is 9.48. The standard InChI is InChI=1S/C8H16N2O2/c1-6(2)7-5-8(11)10(12-7)4-3-9/h6-7H,3-5,9H2,1-2H3. The SMILES string of the molecule is CC(C)C1CC(=O)N(CCN)O1. The van der Waals surface area contributed by atoms with Crippen LogP contribution in [0.15, 0.2) is 0 Å². The summed E-state index contributed by atoms with van der Waals surface area (Å²) in [4.78, 5) is 16.6. The lowest BCUT2D eigenvalue weighted by Crippen LogP contribution is -2.30. The molecule has 1 aliphatic heterocycles. The third-order valence-electron chi connectivity index (χ3n) is 1.99. The maximum Gasteiger partial charge on any atom is 0.248 e. The highest BCUT2D eigenvalue weighted by Crippen LogP contribution is 2.20. The highest BCUT2D eigenvalue weighted by molar-refractivity contribution is 5.77. The van der Waals surface area contributed by atoms with Crippen molar-refractivity contribution >= 4 is 5.91 Å². The number of carbonyl (C=O) groups is 1. The van der Waals surface area contributed by atoms with Gasteiger partial charge in [0.25, 0.3) is 0 Å². The smallest absolute Gasteiger partial charge is 0.248 e. The van der Waals surface area contributed by atoms with Crippen molar-refractivity contribution < 1.29 is 9.63 Å². The number of nitrogens with two attached hydrogens (primary N) is 1. The summed E-state index contributed by atoms with van der Waals surface area (Å²) >= 11 is 0. The number of carbonyl (C=O) groups excluding carboxylic acids is 1. The lowest BCUT2D eigenvalue weighted by molar-refractivity contribution is -0.176. The average Bonchev–Trinajstić information content (AvgIpc) is 2.34. The van der Waals surface area contributed by atoms with Crippen LogP contribution in [0.3, 0.4) is 0 Å². The van der Waals surface area contributed by atoms with Gasteiger partial charge < -0.3 is 5.73 Å². The molecule has 0 aromatic heterocycles. The van der Waals surface area contributed by atoms with Gasteiger partial charge in [0, 0.05) is 6.54 Å². The zero-order valence-corrected chi connectivity index (χ0v) is 7.62. The fraction of sp³-hybridized carbons (Fsp3) is 0.875. The largest absolute Gasteiger partial charge is 0.329 e. The molecule has 4 heteroatoms. The first-order valence-corrected chi connectivity index (χ1v) is 4.32. The molecule has 1 rings (SSSR count). The van der Waals surface area contributed by atoms with Crippen LogP contribution >= 0.6 is 0 Å². The van der Waals surface area contributed by atoms with Crippen LogP contribution in [0.25, 0.3) is 0 Å². The van der Waals surface area contributed by atoms with Crippen molar-refractivity contribution in [1.82, 2.24) is 5.06 Å². The van der Waals surface area contributed by atoms with Crippen molar-refractivity contribution in [2.45, 2.75) is 26.4 Å². The Morgan fingerprint density at radius 1 is 1.75 bits per heavy atom. The summed E-state index contributed by atoms with van der Waals surface area (Å²) in [6.07, 6.45) is 0.543. The first-order valence-electron chi connectivity index (χ1n) is 4.32. The molecule has 0 aromatic rings. The van der Waals surface area contributed by atoms with Gasteiger partial charge in [0.05, 0.1) is 19.1 Å². The van der Waals surface area contributed by atoms with Gasteiger partial charge in [-0.2, -0.15) is 0 Å². The van der Waals surface area contributed by atoms with E-state index in [9.17, 15) is 4.79 Å². The summed E-state index contributed by atoms with van der Waals surface area (Å²) in [6.45, 7) is 5.05. The van der Waals surface area contributed by atoms with Gasteiger partial charge in [0.1, 0.15) is 0 Å². The van der Waals surface area contributed by atoms with Crippen LogP contribution in [-0.4, -0.2) is 30.2 Å². The molecule has 0 bridgehead atoms. The Morgan fingerprint density at radius 3 is 2.83 bits per heavy atom. The van der Waals surface area contributed by atoms with Gasteiger partial charge in [-0.1, -0.05) is 13.8 Å². The Kier molecular flexibility index (Phi) is 3.05. The first-order chi connectivity index (χ1) is 5.65. The van der Waals surface area contributed by atoms with E-state index in [2.05, 4.69) is 0 Å². The molecule has 0 spiro atoms. The van der Waals surface area contributed by atoms with Crippen molar-refractivity contribution in [2.75, 3.05) is 13.1 Å². The summed E-state index contributed by atoms with van der Waals surface area (Å²) in [6, 6.07) is 0. The highest BCUT2D eigenvalue weighted by atomic mass is 16.7. The number of rotatable bonds is 3. The third kappa shape index (κ3) is 1.95. The summed E-state index contributed by atoms with van der Waals surface area (Å²) in [5.41, 5.74) is 5.32. The molecule has 1 heterocycles. The van der Waals surface area contributed by atoms with Gasteiger partial charge in [-0.15, -0.1) is 0 Å². The normalized spacial score (nSPS) is 24.2. The van der Waals surface area contributed by atoms with E-state index in [-0.39, 0.29) is 12.0 Å². The monoisotopic (exact) mass is 172 g/mol. The van der Waals surface area contributed by atoms with Crippen LogP contribution in [0.5, 0.6) is 0 Å². The van der Waals surface area contributed by atoms with Crippen molar-refractivity contribution in [3.8, 4) is 0 Å². The van der Waals surface area contributed by atoms with E-state index in [1.165, 1.54) is 5.06 Å². The Labute approximate surface area is 72.6 Å².